The van der Waals surface area contributed by atoms with Gasteiger partial charge in [0.05, 0.1) is 12.0 Å². The molecule has 1 aromatic rings. The molecule has 0 amide bonds. The van der Waals surface area contributed by atoms with Gasteiger partial charge in [-0.1, -0.05) is 0 Å². The van der Waals surface area contributed by atoms with Crippen molar-refractivity contribution in [3.63, 3.8) is 0 Å². The fourth-order valence-corrected chi connectivity index (χ4v) is 2.73. The minimum Gasteiger partial charge on any atom is -0.337 e. The van der Waals surface area contributed by atoms with E-state index in [0.29, 0.717) is 0 Å². The second-order valence-corrected chi connectivity index (χ2v) is 5.21. The van der Waals surface area contributed by atoms with Crippen molar-refractivity contribution in [3.05, 3.63) is 18.2 Å². The number of hydrogen-bond acceptors (Lipinski definition) is 3. The number of rotatable bonds is 4. The summed E-state index contributed by atoms with van der Waals surface area (Å²) >= 11 is 0. The Morgan fingerprint density at radius 3 is 2.65 bits per heavy atom. The van der Waals surface area contributed by atoms with E-state index in [1.54, 1.807) is 0 Å². The molecule has 1 heterocycles. The van der Waals surface area contributed by atoms with Crippen molar-refractivity contribution >= 4 is 0 Å². The molecule has 0 unspecified atom stereocenters. The summed E-state index contributed by atoms with van der Waals surface area (Å²) in [6.45, 7) is 1.01. The van der Waals surface area contributed by atoms with E-state index in [1.165, 1.54) is 31.4 Å². The Labute approximate surface area is 104 Å². The van der Waals surface area contributed by atoms with Gasteiger partial charge in [-0.2, -0.15) is 0 Å². The van der Waals surface area contributed by atoms with Crippen LogP contribution in [0.25, 0.3) is 0 Å². The van der Waals surface area contributed by atoms with Crippen molar-refractivity contribution < 1.29 is 0 Å². The molecule has 0 spiro atoms. The maximum atomic E-state index is 4.17. The summed E-state index contributed by atoms with van der Waals surface area (Å²) in [5, 5.41) is 3.39. The SMILES string of the molecule is CNC1CCC(N(C)Cc2cncn2C)CC1. The molecule has 0 aromatic carbocycles. The Morgan fingerprint density at radius 1 is 1.41 bits per heavy atom. The predicted octanol–water partition coefficient (Wildman–Crippen LogP) is 1.38. The quantitative estimate of drug-likeness (QED) is 0.857. The molecular weight excluding hydrogens is 212 g/mol. The van der Waals surface area contributed by atoms with E-state index in [1.807, 2.05) is 12.5 Å². The highest BCUT2D eigenvalue weighted by Gasteiger charge is 2.23. The van der Waals surface area contributed by atoms with E-state index in [2.05, 4.69) is 40.9 Å². The number of aromatic nitrogens is 2. The molecule has 1 saturated carbocycles. The van der Waals surface area contributed by atoms with Crippen LogP contribution in [0.5, 0.6) is 0 Å². The number of nitrogens with zero attached hydrogens (tertiary/aromatic N) is 3. The first-order valence-electron chi connectivity index (χ1n) is 6.53. The molecular formula is C13H24N4. The highest BCUT2D eigenvalue weighted by molar-refractivity contribution is 4.98. The van der Waals surface area contributed by atoms with Crippen LogP contribution in [0.2, 0.25) is 0 Å². The van der Waals surface area contributed by atoms with Crippen molar-refractivity contribution in [3.8, 4) is 0 Å². The van der Waals surface area contributed by atoms with E-state index in [0.717, 1.165) is 18.6 Å². The summed E-state index contributed by atoms with van der Waals surface area (Å²) < 4.78 is 2.11. The van der Waals surface area contributed by atoms with Gasteiger partial charge >= 0.3 is 0 Å². The van der Waals surface area contributed by atoms with Crippen LogP contribution in [0.1, 0.15) is 31.4 Å². The molecule has 96 valence electrons. The molecule has 0 aliphatic heterocycles. The molecule has 2 rings (SSSR count). The van der Waals surface area contributed by atoms with Crippen LogP contribution in [-0.4, -0.2) is 40.6 Å². The second-order valence-electron chi connectivity index (χ2n) is 5.21. The Balaban J connectivity index is 1.85. The van der Waals surface area contributed by atoms with Crippen LogP contribution in [0.3, 0.4) is 0 Å². The first kappa shape index (κ1) is 12.6. The Morgan fingerprint density at radius 2 is 2.12 bits per heavy atom. The van der Waals surface area contributed by atoms with E-state index in [4.69, 9.17) is 0 Å². The van der Waals surface area contributed by atoms with Gasteiger partial charge in [0.2, 0.25) is 0 Å². The maximum Gasteiger partial charge on any atom is 0.0945 e. The molecule has 4 nitrogen and oxygen atoms in total. The highest BCUT2D eigenvalue weighted by Crippen LogP contribution is 2.23. The summed E-state index contributed by atoms with van der Waals surface area (Å²) in [6, 6.07) is 1.46. The number of imidazole rings is 1. The number of aryl methyl sites for hydroxylation is 1. The van der Waals surface area contributed by atoms with Crippen LogP contribution in [-0.2, 0) is 13.6 Å². The van der Waals surface area contributed by atoms with Gasteiger partial charge in [0.15, 0.2) is 0 Å². The lowest BCUT2D eigenvalue weighted by Crippen LogP contribution is -2.39. The highest BCUT2D eigenvalue weighted by atomic mass is 15.2. The summed E-state index contributed by atoms with van der Waals surface area (Å²) in [5.74, 6) is 0. The molecule has 0 saturated heterocycles. The molecule has 0 bridgehead atoms. The van der Waals surface area contributed by atoms with Crippen molar-refractivity contribution in [1.82, 2.24) is 19.8 Å². The van der Waals surface area contributed by atoms with Crippen LogP contribution in [0, 0.1) is 0 Å². The fourth-order valence-electron chi connectivity index (χ4n) is 2.73. The van der Waals surface area contributed by atoms with Crippen molar-refractivity contribution in [2.45, 2.75) is 44.3 Å². The largest absolute Gasteiger partial charge is 0.337 e. The van der Waals surface area contributed by atoms with Crippen molar-refractivity contribution in [2.75, 3.05) is 14.1 Å². The third-order valence-corrected chi connectivity index (χ3v) is 4.06. The van der Waals surface area contributed by atoms with E-state index >= 15 is 0 Å². The molecule has 0 atom stereocenters. The molecule has 1 N–H and O–H groups in total. The van der Waals surface area contributed by atoms with Gasteiger partial charge in [-0.25, -0.2) is 4.98 Å². The normalized spacial score (nSPS) is 25.4. The third kappa shape index (κ3) is 3.07. The van der Waals surface area contributed by atoms with Gasteiger partial charge in [-0.3, -0.25) is 4.90 Å². The monoisotopic (exact) mass is 236 g/mol. The van der Waals surface area contributed by atoms with Gasteiger partial charge in [-0.05, 0) is 39.8 Å². The van der Waals surface area contributed by atoms with E-state index < -0.39 is 0 Å². The van der Waals surface area contributed by atoms with Gasteiger partial charge in [0.25, 0.3) is 0 Å². The molecule has 17 heavy (non-hydrogen) atoms. The standard InChI is InChI=1S/C13H24N4/c1-14-11-4-6-12(7-5-11)16(2)9-13-8-15-10-17(13)3/h8,10-12,14H,4-7,9H2,1-3H3. The smallest absolute Gasteiger partial charge is 0.0945 e. The molecule has 1 fully saturated rings. The Hall–Kier alpha value is -0.870. The molecule has 1 aromatic heterocycles. The Kier molecular flexibility index (Phi) is 4.18. The average Bonchev–Trinajstić information content (AvgIpc) is 2.75. The Bertz CT molecular complexity index is 339. The lowest BCUT2D eigenvalue weighted by Gasteiger charge is -2.34. The van der Waals surface area contributed by atoms with Crippen LogP contribution < -0.4 is 5.32 Å². The molecule has 1 aliphatic carbocycles. The first-order chi connectivity index (χ1) is 8.20. The van der Waals surface area contributed by atoms with Gasteiger partial charge < -0.3 is 9.88 Å². The lowest BCUT2D eigenvalue weighted by atomic mass is 9.90. The fraction of sp³-hybridized carbons (Fsp3) is 0.769. The third-order valence-electron chi connectivity index (χ3n) is 4.06. The zero-order valence-electron chi connectivity index (χ0n) is 11.2. The zero-order chi connectivity index (χ0) is 12.3. The molecule has 1 aliphatic rings. The van der Waals surface area contributed by atoms with Gasteiger partial charge in [0, 0.05) is 31.9 Å². The first-order valence-corrected chi connectivity index (χ1v) is 6.53. The maximum absolute atomic E-state index is 4.17. The summed E-state index contributed by atoms with van der Waals surface area (Å²) in [6.07, 6.45) is 9.06. The summed E-state index contributed by atoms with van der Waals surface area (Å²) in [5.41, 5.74) is 1.29. The van der Waals surface area contributed by atoms with Gasteiger partial charge in [-0.15, -0.1) is 0 Å². The zero-order valence-corrected chi connectivity index (χ0v) is 11.2. The minimum absolute atomic E-state index is 0.731. The van der Waals surface area contributed by atoms with Gasteiger partial charge in [0.1, 0.15) is 0 Å². The average molecular weight is 236 g/mol. The predicted molar refractivity (Wildman–Crippen MR) is 69.8 cm³/mol. The molecule has 0 radical (unpaired) electrons. The van der Waals surface area contributed by atoms with E-state index in [-0.39, 0.29) is 0 Å². The number of hydrogen-bond donors (Lipinski definition) is 1. The topological polar surface area (TPSA) is 33.1 Å². The summed E-state index contributed by atoms with van der Waals surface area (Å²) in [7, 11) is 6.37. The number of nitrogens with one attached hydrogen (secondary N) is 1. The van der Waals surface area contributed by atoms with Crippen molar-refractivity contribution in [1.29, 1.82) is 0 Å². The minimum atomic E-state index is 0.731. The van der Waals surface area contributed by atoms with E-state index in [9.17, 15) is 0 Å². The van der Waals surface area contributed by atoms with Crippen LogP contribution in [0.4, 0.5) is 0 Å². The van der Waals surface area contributed by atoms with Crippen molar-refractivity contribution in [2.24, 2.45) is 7.05 Å². The van der Waals surface area contributed by atoms with Crippen LogP contribution in [0.15, 0.2) is 12.5 Å². The second kappa shape index (κ2) is 5.65. The lowest BCUT2D eigenvalue weighted by molar-refractivity contribution is 0.167. The molecule has 4 heteroatoms. The van der Waals surface area contributed by atoms with Crippen LogP contribution >= 0.6 is 0 Å². The summed E-state index contributed by atoms with van der Waals surface area (Å²) in [4.78, 5) is 6.65.